The summed E-state index contributed by atoms with van der Waals surface area (Å²) in [6, 6.07) is 7.95. The van der Waals surface area contributed by atoms with Crippen molar-refractivity contribution >= 4 is 23.6 Å². The monoisotopic (exact) mass is 267 g/mol. The first-order chi connectivity index (χ1) is 9.63. The molecule has 2 N–H and O–H groups in total. The summed E-state index contributed by atoms with van der Waals surface area (Å²) in [5.74, 6) is 1.35. The maximum Gasteiger partial charge on any atom is 0.237 e. The molecule has 0 radical (unpaired) electrons. The third-order valence-corrected chi connectivity index (χ3v) is 3.22. The highest BCUT2D eigenvalue weighted by Crippen LogP contribution is 2.33. The number of allylic oxidation sites excluding steroid dienone is 1. The van der Waals surface area contributed by atoms with Gasteiger partial charge in [0.1, 0.15) is 11.5 Å². The topological polar surface area (TPSA) is 61.3 Å². The van der Waals surface area contributed by atoms with Gasteiger partial charge in [0.15, 0.2) is 0 Å². The molecule has 20 heavy (non-hydrogen) atoms. The highest BCUT2D eigenvalue weighted by Gasteiger charge is 2.14. The Morgan fingerprint density at radius 1 is 1.30 bits per heavy atom. The van der Waals surface area contributed by atoms with Crippen molar-refractivity contribution in [1.82, 2.24) is 9.97 Å². The fraction of sp³-hybridized carbons (Fsp3) is 0.250. The van der Waals surface area contributed by atoms with Crippen molar-refractivity contribution in [3.8, 4) is 5.88 Å². The van der Waals surface area contributed by atoms with Gasteiger partial charge < -0.3 is 10.1 Å². The third kappa shape index (κ3) is 2.37. The Labute approximate surface area is 117 Å². The quantitative estimate of drug-likeness (QED) is 0.893. The van der Waals surface area contributed by atoms with Crippen molar-refractivity contribution in [3.63, 3.8) is 0 Å². The number of benzene rings is 1. The fourth-order valence-electron chi connectivity index (χ4n) is 2.32. The Hall–Kier alpha value is -2.36. The molecule has 3 rings (SSSR count). The van der Waals surface area contributed by atoms with Crippen LogP contribution in [0, 0.1) is 5.92 Å². The van der Waals surface area contributed by atoms with Crippen molar-refractivity contribution in [2.45, 2.75) is 20.3 Å². The van der Waals surface area contributed by atoms with Gasteiger partial charge in [-0.25, -0.2) is 0 Å². The number of H-pyrrole nitrogens is 1. The Balaban J connectivity index is 1.94. The largest absolute Gasteiger partial charge is 0.492 e. The number of imidazole rings is 1. The number of aromatic nitrogens is 2. The summed E-state index contributed by atoms with van der Waals surface area (Å²) in [5, 5.41) is 9.92. The lowest BCUT2D eigenvalue weighted by Gasteiger charge is -1.99. The molecular formula is C16H17N3O. The van der Waals surface area contributed by atoms with Crippen LogP contribution < -0.4 is 0 Å². The van der Waals surface area contributed by atoms with Crippen molar-refractivity contribution in [3.05, 3.63) is 41.3 Å². The first-order valence-corrected chi connectivity index (χ1v) is 6.76. The second-order valence-electron chi connectivity index (χ2n) is 5.39. The smallest absolute Gasteiger partial charge is 0.237 e. The van der Waals surface area contributed by atoms with Gasteiger partial charge in [0, 0.05) is 23.8 Å². The van der Waals surface area contributed by atoms with Crippen LogP contribution in [0.3, 0.4) is 0 Å². The summed E-state index contributed by atoms with van der Waals surface area (Å²) < 4.78 is 0. The predicted octanol–water partition coefficient (Wildman–Crippen LogP) is 3.57. The Bertz CT molecular complexity index is 695. The van der Waals surface area contributed by atoms with E-state index in [1.807, 2.05) is 36.6 Å². The number of aromatic amines is 1. The lowest BCUT2D eigenvalue weighted by molar-refractivity contribution is 0.453. The SMILES string of the molecule is CC(C)Cc1nc(O)c(/C=C2\C=Nc3ccccc32)[nH]1. The van der Waals surface area contributed by atoms with E-state index in [0.29, 0.717) is 11.6 Å². The highest BCUT2D eigenvalue weighted by atomic mass is 16.3. The van der Waals surface area contributed by atoms with E-state index in [0.717, 1.165) is 29.1 Å². The molecule has 1 aromatic carbocycles. The molecule has 0 unspecified atom stereocenters. The van der Waals surface area contributed by atoms with Gasteiger partial charge in [-0.1, -0.05) is 32.0 Å². The van der Waals surface area contributed by atoms with Crippen LogP contribution in [0.25, 0.3) is 11.6 Å². The molecule has 0 aliphatic carbocycles. The van der Waals surface area contributed by atoms with E-state index in [2.05, 4.69) is 28.8 Å². The maximum absolute atomic E-state index is 9.92. The molecular weight excluding hydrogens is 250 g/mol. The van der Waals surface area contributed by atoms with Gasteiger partial charge in [0.25, 0.3) is 0 Å². The lowest BCUT2D eigenvalue weighted by atomic mass is 10.1. The van der Waals surface area contributed by atoms with E-state index in [1.165, 1.54) is 0 Å². The summed E-state index contributed by atoms with van der Waals surface area (Å²) in [7, 11) is 0. The van der Waals surface area contributed by atoms with E-state index < -0.39 is 0 Å². The molecule has 0 spiro atoms. The Kier molecular flexibility index (Phi) is 3.14. The standard InChI is InChI=1S/C16H17N3O/c1-10(2)7-15-18-14(16(20)19-15)8-11-9-17-13-6-4-3-5-12(11)13/h3-6,8-10,20H,7H2,1-2H3,(H,18,19)/b11-8+. The third-order valence-electron chi connectivity index (χ3n) is 3.22. The summed E-state index contributed by atoms with van der Waals surface area (Å²) in [6.45, 7) is 4.25. The zero-order valence-electron chi connectivity index (χ0n) is 11.6. The van der Waals surface area contributed by atoms with Crippen LogP contribution >= 0.6 is 0 Å². The molecule has 0 atom stereocenters. The van der Waals surface area contributed by atoms with Crippen LogP contribution in [-0.4, -0.2) is 21.3 Å². The highest BCUT2D eigenvalue weighted by molar-refractivity contribution is 6.21. The van der Waals surface area contributed by atoms with E-state index >= 15 is 0 Å². The van der Waals surface area contributed by atoms with Crippen LogP contribution in [0.1, 0.15) is 30.9 Å². The van der Waals surface area contributed by atoms with Crippen molar-refractivity contribution in [1.29, 1.82) is 0 Å². The van der Waals surface area contributed by atoms with Gasteiger partial charge in [-0.2, -0.15) is 4.98 Å². The summed E-state index contributed by atoms with van der Waals surface area (Å²) >= 11 is 0. The van der Waals surface area contributed by atoms with Gasteiger partial charge in [-0.15, -0.1) is 0 Å². The molecule has 1 aliphatic heterocycles. The van der Waals surface area contributed by atoms with E-state index in [-0.39, 0.29) is 5.88 Å². The number of hydrogen-bond acceptors (Lipinski definition) is 3. The number of aliphatic imine (C=N–C) groups is 1. The molecule has 2 heterocycles. The number of aromatic hydroxyl groups is 1. The average Bonchev–Trinajstić information content (AvgIpc) is 2.95. The number of para-hydroxylation sites is 1. The minimum Gasteiger partial charge on any atom is -0.492 e. The first kappa shape index (κ1) is 12.7. The molecule has 2 aromatic rings. The second-order valence-corrected chi connectivity index (χ2v) is 5.39. The van der Waals surface area contributed by atoms with E-state index in [9.17, 15) is 5.11 Å². The van der Waals surface area contributed by atoms with E-state index in [1.54, 1.807) is 0 Å². The first-order valence-electron chi connectivity index (χ1n) is 6.76. The van der Waals surface area contributed by atoms with Crippen LogP contribution in [0.2, 0.25) is 0 Å². The molecule has 1 aliphatic rings. The minimum atomic E-state index is 0.0472. The van der Waals surface area contributed by atoms with Gasteiger partial charge >= 0.3 is 0 Å². The summed E-state index contributed by atoms with van der Waals surface area (Å²) in [5.41, 5.74) is 3.65. The summed E-state index contributed by atoms with van der Waals surface area (Å²) in [4.78, 5) is 11.7. The van der Waals surface area contributed by atoms with Crippen molar-refractivity contribution < 1.29 is 5.11 Å². The Morgan fingerprint density at radius 3 is 2.90 bits per heavy atom. The van der Waals surface area contributed by atoms with Crippen molar-refractivity contribution in [2.24, 2.45) is 10.9 Å². The molecule has 0 saturated heterocycles. The molecule has 4 heteroatoms. The molecule has 1 aromatic heterocycles. The van der Waals surface area contributed by atoms with Crippen LogP contribution in [0.4, 0.5) is 5.69 Å². The number of fused-ring (bicyclic) bond motifs is 1. The van der Waals surface area contributed by atoms with Gasteiger partial charge in [0.2, 0.25) is 5.88 Å². The maximum atomic E-state index is 9.92. The lowest BCUT2D eigenvalue weighted by Crippen LogP contribution is -1.95. The zero-order chi connectivity index (χ0) is 14.1. The average molecular weight is 267 g/mol. The van der Waals surface area contributed by atoms with E-state index in [4.69, 9.17) is 0 Å². The fourth-order valence-corrected chi connectivity index (χ4v) is 2.32. The van der Waals surface area contributed by atoms with Crippen LogP contribution in [0.15, 0.2) is 29.3 Å². The van der Waals surface area contributed by atoms with Gasteiger partial charge in [-0.05, 0) is 18.1 Å². The molecule has 102 valence electrons. The number of hydrogen-bond donors (Lipinski definition) is 2. The number of nitrogens with one attached hydrogen (secondary N) is 1. The minimum absolute atomic E-state index is 0.0472. The predicted molar refractivity (Wildman–Crippen MR) is 81.3 cm³/mol. The molecule has 0 fully saturated rings. The number of rotatable bonds is 3. The van der Waals surface area contributed by atoms with Crippen LogP contribution in [-0.2, 0) is 6.42 Å². The molecule has 0 saturated carbocycles. The normalized spacial score (nSPS) is 15.2. The van der Waals surface area contributed by atoms with Crippen LogP contribution in [0.5, 0.6) is 5.88 Å². The number of nitrogens with zero attached hydrogens (tertiary/aromatic N) is 2. The molecule has 0 bridgehead atoms. The van der Waals surface area contributed by atoms with Gasteiger partial charge in [-0.3, -0.25) is 4.99 Å². The molecule has 0 amide bonds. The Morgan fingerprint density at radius 2 is 2.10 bits per heavy atom. The van der Waals surface area contributed by atoms with Gasteiger partial charge in [0.05, 0.1) is 5.69 Å². The van der Waals surface area contributed by atoms with Crippen molar-refractivity contribution in [2.75, 3.05) is 0 Å². The summed E-state index contributed by atoms with van der Waals surface area (Å²) in [6.07, 6.45) is 4.52. The second kappa shape index (κ2) is 4.96. The zero-order valence-corrected chi connectivity index (χ0v) is 11.6. The molecule has 4 nitrogen and oxygen atoms in total.